The van der Waals surface area contributed by atoms with E-state index >= 15 is 0 Å². The summed E-state index contributed by atoms with van der Waals surface area (Å²) in [6.45, 7) is 4.34. The number of rotatable bonds is 6. The molecule has 2 aromatic heterocycles. The molecule has 1 unspecified atom stereocenters. The summed E-state index contributed by atoms with van der Waals surface area (Å²) < 4.78 is 0. The second kappa shape index (κ2) is 7.02. The van der Waals surface area contributed by atoms with Gasteiger partial charge in [-0.05, 0) is 36.2 Å². The summed E-state index contributed by atoms with van der Waals surface area (Å²) in [7, 11) is 0. The molecule has 0 bridgehead atoms. The minimum absolute atomic E-state index is 0.172. The fraction of sp³-hybridized carbons (Fsp3) is 0.429. The number of carbonyl (C=O) groups is 1. The van der Waals surface area contributed by atoms with E-state index < -0.39 is 5.60 Å². The van der Waals surface area contributed by atoms with Crippen molar-refractivity contribution in [1.29, 1.82) is 0 Å². The third-order valence-electron chi connectivity index (χ3n) is 3.07. The van der Waals surface area contributed by atoms with Crippen LogP contribution in [0.5, 0.6) is 0 Å². The van der Waals surface area contributed by atoms with Crippen molar-refractivity contribution in [2.24, 2.45) is 0 Å². The largest absolute Gasteiger partial charge is 0.384 e. The molecular weight excluding hydrogens is 306 g/mol. The highest BCUT2D eigenvalue weighted by molar-refractivity contribution is 7.09. The molecule has 0 aliphatic carbocycles. The number of aliphatic hydroxyl groups is 1. The zero-order valence-corrected chi connectivity index (χ0v) is 13.7. The number of aromatic nitrogens is 1. The smallest absolute Gasteiger partial charge is 0.314 e. The monoisotopic (exact) mass is 325 g/mol. The van der Waals surface area contributed by atoms with E-state index in [4.69, 9.17) is 0 Å². The molecule has 1 atom stereocenters. The van der Waals surface area contributed by atoms with Gasteiger partial charge in [-0.2, -0.15) is 11.3 Å². The molecule has 3 N–H and O–H groups in total. The van der Waals surface area contributed by atoms with Crippen LogP contribution in [0, 0.1) is 6.92 Å². The van der Waals surface area contributed by atoms with Gasteiger partial charge in [0.15, 0.2) is 0 Å². The first-order valence-electron chi connectivity index (χ1n) is 6.65. The average Bonchev–Trinajstić information content (AvgIpc) is 3.08. The fourth-order valence-corrected chi connectivity index (χ4v) is 3.24. The van der Waals surface area contributed by atoms with E-state index in [1.54, 1.807) is 18.3 Å². The van der Waals surface area contributed by atoms with Crippen LogP contribution in [0.4, 0.5) is 4.79 Å². The summed E-state index contributed by atoms with van der Waals surface area (Å²) in [4.78, 5) is 16.0. The summed E-state index contributed by atoms with van der Waals surface area (Å²) in [6.07, 6.45) is 0.707. The minimum atomic E-state index is -1.05. The van der Waals surface area contributed by atoms with Crippen molar-refractivity contribution in [3.05, 3.63) is 38.5 Å². The maximum absolute atomic E-state index is 11.7. The van der Waals surface area contributed by atoms with E-state index in [0.29, 0.717) is 13.0 Å². The highest BCUT2D eigenvalue weighted by Gasteiger charge is 2.23. The topological polar surface area (TPSA) is 74.2 Å². The van der Waals surface area contributed by atoms with Crippen LogP contribution in [0.2, 0.25) is 0 Å². The number of carbonyl (C=O) groups excluding carboxylic acids is 1. The van der Waals surface area contributed by atoms with E-state index in [2.05, 4.69) is 15.6 Å². The third kappa shape index (κ3) is 4.80. The zero-order chi connectivity index (χ0) is 15.3. The average molecular weight is 325 g/mol. The van der Waals surface area contributed by atoms with Crippen molar-refractivity contribution in [3.8, 4) is 0 Å². The predicted octanol–water partition coefficient (Wildman–Crippen LogP) is 2.26. The molecular formula is C14H19N3O2S2. The number of urea groups is 1. The predicted molar refractivity (Wildman–Crippen MR) is 85.8 cm³/mol. The Labute approximate surface area is 132 Å². The van der Waals surface area contributed by atoms with Crippen molar-refractivity contribution in [3.63, 3.8) is 0 Å². The van der Waals surface area contributed by atoms with Gasteiger partial charge in [-0.1, -0.05) is 0 Å². The van der Waals surface area contributed by atoms with Gasteiger partial charge in [-0.25, -0.2) is 9.78 Å². The van der Waals surface area contributed by atoms with Crippen molar-refractivity contribution in [1.82, 2.24) is 15.6 Å². The first-order chi connectivity index (χ1) is 9.97. The molecule has 114 valence electrons. The lowest BCUT2D eigenvalue weighted by atomic mass is 9.99. The number of hydrogen-bond acceptors (Lipinski definition) is 5. The summed E-state index contributed by atoms with van der Waals surface area (Å²) in [5, 5.41) is 22.5. The first-order valence-corrected chi connectivity index (χ1v) is 8.47. The number of nitrogens with zero attached hydrogens (tertiary/aromatic N) is 1. The zero-order valence-electron chi connectivity index (χ0n) is 12.0. The standard InChI is InChI=1S/C14H19N3O2S2/c1-10-17-12(8-21-10)3-5-15-13(18)16-9-14(2,19)11-4-6-20-7-11/h4,6-8,19H,3,5,9H2,1-2H3,(H2,15,16,18). The second-order valence-corrected chi connectivity index (χ2v) is 6.85. The molecule has 2 rings (SSSR count). The van der Waals surface area contributed by atoms with Gasteiger partial charge in [0.05, 0.1) is 17.2 Å². The van der Waals surface area contributed by atoms with Crippen LogP contribution in [0.1, 0.15) is 23.2 Å². The van der Waals surface area contributed by atoms with E-state index in [-0.39, 0.29) is 12.6 Å². The summed E-state index contributed by atoms with van der Waals surface area (Å²) in [5.41, 5.74) is 0.748. The van der Waals surface area contributed by atoms with Gasteiger partial charge >= 0.3 is 6.03 Å². The van der Waals surface area contributed by atoms with Crippen LogP contribution in [0.3, 0.4) is 0 Å². The minimum Gasteiger partial charge on any atom is -0.384 e. The number of amides is 2. The van der Waals surface area contributed by atoms with Crippen LogP contribution in [0.25, 0.3) is 0 Å². The van der Waals surface area contributed by atoms with E-state index in [0.717, 1.165) is 16.3 Å². The van der Waals surface area contributed by atoms with Crippen LogP contribution in [-0.2, 0) is 12.0 Å². The summed E-state index contributed by atoms with van der Waals surface area (Å²) in [6, 6.07) is 1.58. The Morgan fingerprint density at radius 2 is 2.24 bits per heavy atom. The maximum atomic E-state index is 11.7. The van der Waals surface area contributed by atoms with Gasteiger partial charge in [0, 0.05) is 18.3 Å². The van der Waals surface area contributed by atoms with E-state index in [1.807, 2.05) is 29.1 Å². The Bertz CT molecular complexity index is 579. The van der Waals surface area contributed by atoms with Gasteiger partial charge in [-0.15, -0.1) is 11.3 Å². The molecule has 7 heteroatoms. The number of thiophene rings is 1. The lowest BCUT2D eigenvalue weighted by Crippen LogP contribution is -2.43. The molecule has 0 aliphatic rings. The number of hydrogen-bond donors (Lipinski definition) is 3. The van der Waals surface area contributed by atoms with Crippen molar-refractivity contribution >= 4 is 28.7 Å². The molecule has 0 aromatic carbocycles. The lowest BCUT2D eigenvalue weighted by molar-refractivity contribution is 0.0598. The Morgan fingerprint density at radius 1 is 1.43 bits per heavy atom. The van der Waals surface area contributed by atoms with Gasteiger partial charge < -0.3 is 15.7 Å². The van der Waals surface area contributed by atoms with Crippen LogP contribution in [-0.4, -0.2) is 29.2 Å². The molecule has 5 nitrogen and oxygen atoms in total. The van der Waals surface area contributed by atoms with Crippen LogP contribution >= 0.6 is 22.7 Å². The van der Waals surface area contributed by atoms with Crippen LogP contribution < -0.4 is 10.6 Å². The van der Waals surface area contributed by atoms with Gasteiger partial charge in [0.1, 0.15) is 5.60 Å². The van der Waals surface area contributed by atoms with Crippen molar-refractivity contribution < 1.29 is 9.90 Å². The van der Waals surface area contributed by atoms with Gasteiger partial charge in [0.2, 0.25) is 0 Å². The van der Waals surface area contributed by atoms with E-state index in [9.17, 15) is 9.90 Å². The number of nitrogens with one attached hydrogen (secondary N) is 2. The molecule has 2 aromatic rings. The SMILES string of the molecule is Cc1nc(CCNC(=O)NCC(C)(O)c2ccsc2)cs1. The number of thiazole rings is 1. The molecule has 2 heterocycles. The van der Waals surface area contributed by atoms with Gasteiger partial charge in [-0.3, -0.25) is 0 Å². The first kappa shape index (κ1) is 15.9. The third-order valence-corrected chi connectivity index (χ3v) is 4.58. The fourth-order valence-electron chi connectivity index (χ4n) is 1.82. The molecule has 0 saturated heterocycles. The lowest BCUT2D eigenvalue weighted by Gasteiger charge is -2.22. The summed E-state index contributed by atoms with van der Waals surface area (Å²) in [5.74, 6) is 0. The normalized spacial score (nSPS) is 13.7. The molecule has 0 fully saturated rings. The second-order valence-electron chi connectivity index (χ2n) is 5.00. The molecule has 0 radical (unpaired) electrons. The quantitative estimate of drug-likeness (QED) is 0.763. The Hall–Kier alpha value is -1.44. The van der Waals surface area contributed by atoms with Crippen LogP contribution in [0.15, 0.2) is 22.2 Å². The number of aryl methyl sites for hydroxylation is 1. The van der Waals surface area contributed by atoms with Gasteiger partial charge in [0.25, 0.3) is 0 Å². The Balaban J connectivity index is 1.70. The van der Waals surface area contributed by atoms with E-state index in [1.165, 1.54) is 11.3 Å². The van der Waals surface area contributed by atoms with Crippen molar-refractivity contribution in [2.75, 3.05) is 13.1 Å². The maximum Gasteiger partial charge on any atom is 0.314 e. The Morgan fingerprint density at radius 3 is 2.86 bits per heavy atom. The highest BCUT2D eigenvalue weighted by atomic mass is 32.1. The Kier molecular flexibility index (Phi) is 5.33. The van der Waals surface area contributed by atoms with Crippen molar-refractivity contribution in [2.45, 2.75) is 25.9 Å². The molecule has 0 saturated carbocycles. The molecule has 0 aliphatic heterocycles. The highest BCUT2D eigenvalue weighted by Crippen LogP contribution is 2.21. The molecule has 21 heavy (non-hydrogen) atoms. The summed E-state index contributed by atoms with van der Waals surface area (Å²) >= 11 is 3.12. The molecule has 0 spiro atoms. The molecule has 2 amide bonds.